The zero-order valence-corrected chi connectivity index (χ0v) is 11.9. The van der Waals surface area contributed by atoms with Gasteiger partial charge in [0.15, 0.2) is 0 Å². The second-order valence-electron chi connectivity index (χ2n) is 6.42. The van der Waals surface area contributed by atoms with E-state index < -0.39 is 0 Å². The lowest BCUT2D eigenvalue weighted by atomic mass is 9.87. The normalized spacial score (nSPS) is 24.0. The Bertz CT molecular complexity index is 207. The van der Waals surface area contributed by atoms with Crippen LogP contribution in [0.5, 0.6) is 0 Å². The number of likely N-dealkylation sites (N-methyl/N-ethyl adjacent to an activating group) is 1. The number of rotatable bonds is 5. The molecule has 0 aliphatic carbocycles. The lowest BCUT2D eigenvalue weighted by Gasteiger charge is -2.30. The molecular formula is C14H29NO2. The van der Waals surface area contributed by atoms with E-state index in [0.29, 0.717) is 6.10 Å². The van der Waals surface area contributed by atoms with Crippen LogP contribution in [0.3, 0.4) is 0 Å². The van der Waals surface area contributed by atoms with Crippen LogP contribution < -0.4 is 0 Å². The summed E-state index contributed by atoms with van der Waals surface area (Å²) in [6.45, 7) is 9.12. The third-order valence-electron chi connectivity index (χ3n) is 3.57. The van der Waals surface area contributed by atoms with E-state index in [1.807, 2.05) is 0 Å². The molecule has 102 valence electrons. The molecule has 2 unspecified atom stereocenters. The van der Waals surface area contributed by atoms with Crippen molar-refractivity contribution in [2.24, 2.45) is 5.41 Å². The maximum atomic E-state index is 9.98. The third kappa shape index (κ3) is 5.84. The lowest BCUT2D eigenvalue weighted by molar-refractivity contribution is -0.00678. The molecule has 1 aliphatic rings. The van der Waals surface area contributed by atoms with Crippen LogP contribution in [0, 0.1) is 5.41 Å². The molecule has 3 nitrogen and oxygen atoms in total. The first kappa shape index (κ1) is 14.9. The van der Waals surface area contributed by atoms with Crippen molar-refractivity contribution in [3.63, 3.8) is 0 Å². The predicted octanol–water partition coefficient (Wildman–Crippen LogP) is 2.28. The first-order valence-corrected chi connectivity index (χ1v) is 6.88. The zero-order valence-electron chi connectivity index (χ0n) is 11.9. The van der Waals surface area contributed by atoms with Gasteiger partial charge in [-0.15, -0.1) is 0 Å². The smallest absolute Gasteiger partial charge is 0.0701 e. The summed E-state index contributed by atoms with van der Waals surface area (Å²) >= 11 is 0. The molecule has 0 aromatic heterocycles. The summed E-state index contributed by atoms with van der Waals surface area (Å²) in [7, 11) is 2.12. The Labute approximate surface area is 106 Å². The molecule has 2 atom stereocenters. The summed E-state index contributed by atoms with van der Waals surface area (Å²) in [4.78, 5) is 2.28. The largest absolute Gasteiger partial charge is 0.393 e. The molecular weight excluding hydrogens is 214 g/mol. The highest BCUT2D eigenvalue weighted by atomic mass is 16.5. The van der Waals surface area contributed by atoms with Crippen LogP contribution in [0.2, 0.25) is 0 Å². The minimum atomic E-state index is -0.225. The quantitative estimate of drug-likeness (QED) is 0.804. The van der Waals surface area contributed by atoms with E-state index in [9.17, 15) is 5.11 Å². The number of hydrogen-bond acceptors (Lipinski definition) is 3. The van der Waals surface area contributed by atoms with Crippen LogP contribution in [-0.2, 0) is 4.74 Å². The molecule has 0 aromatic carbocycles. The average Bonchev–Trinajstić information content (AvgIpc) is 2.26. The Morgan fingerprint density at radius 1 is 1.35 bits per heavy atom. The fraction of sp³-hybridized carbons (Fsp3) is 1.00. The van der Waals surface area contributed by atoms with E-state index in [1.165, 1.54) is 19.3 Å². The number of ether oxygens (including phenoxy) is 1. The van der Waals surface area contributed by atoms with Crippen molar-refractivity contribution < 1.29 is 9.84 Å². The van der Waals surface area contributed by atoms with Gasteiger partial charge in [-0.3, -0.25) is 0 Å². The summed E-state index contributed by atoms with van der Waals surface area (Å²) in [6, 6.07) is 0. The summed E-state index contributed by atoms with van der Waals surface area (Å²) < 4.78 is 5.72. The molecule has 1 aliphatic heterocycles. The Morgan fingerprint density at radius 2 is 2.06 bits per heavy atom. The minimum absolute atomic E-state index is 0.0117. The summed E-state index contributed by atoms with van der Waals surface area (Å²) in [5, 5.41) is 9.98. The summed E-state index contributed by atoms with van der Waals surface area (Å²) in [5.74, 6) is 0. The maximum absolute atomic E-state index is 9.98. The predicted molar refractivity (Wildman–Crippen MR) is 71.2 cm³/mol. The standard InChI is InChI=1S/C14H29NO2/c1-14(2,3)13(16)8-9-15(4)11-12-7-5-6-10-17-12/h12-13,16H,5-11H2,1-4H3. The highest BCUT2D eigenvalue weighted by Gasteiger charge is 2.22. The van der Waals surface area contributed by atoms with Gasteiger partial charge in [0, 0.05) is 19.7 Å². The second kappa shape index (κ2) is 6.72. The van der Waals surface area contributed by atoms with Crippen LogP contribution in [0.25, 0.3) is 0 Å². The number of nitrogens with zero attached hydrogens (tertiary/aromatic N) is 1. The molecule has 0 bridgehead atoms. The SMILES string of the molecule is CN(CCC(O)C(C)(C)C)CC1CCCCO1. The molecule has 3 heteroatoms. The molecule has 1 N–H and O–H groups in total. The van der Waals surface area contributed by atoms with Gasteiger partial charge in [0.1, 0.15) is 0 Å². The fourth-order valence-electron chi connectivity index (χ4n) is 2.17. The monoisotopic (exact) mass is 243 g/mol. The summed E-state index contributed by atoms with van der Waals surface area (Å²) in [5.41, 5.74) is -0.0117. The Morgan fingerprint density at radius 3 is 2.59 bits per heavy atom. The van der Waals surface area contributed by atoms with Gasteiger partial charge in [0.25, 0.3) is 0 Å². The van der Waals surface area contributed by atoms with Gasteiger partial charge in [-0.2, -0.15) is 0 Å². The highest BCUT2D eigenvalue weighted by Crippen LogP contribution is 2.21. The molecule has 1 rings (SSSR count). The van der Waals surface area contributed by atoms with Crippen molar-refractivity contribution in [2.45, 2.75) is 58.7 Å². The number of hydrogen-bond donors (Lipinski definition) is 1. The molecule has 0 aromatic rings. The van der Waals surface area contributed by atoms with Gasteiger partial charge in [-0.1, -0.05) is 20.8 Å². The third-order valence-corrected chi connectivity index (χ3v) is 3.57. The fourth-order valence-corrected chi connectivity index (χ4v) is 2.17. The molecule has 1 heterocycles. The molecule has 0 saturated carbocycles. The van der Waals surface area contributed by atoms with E-state index >= 15 is 0 Å². The van der Waals surface area contributed by atoms with E-state index in [2.05, 4.69) is 32.7 Å². The van der Waals surface area contributed by atoms with Crippen LogP contribution in [-0.4, -0.2) is 49.0 Å². The zero-order chi connectivity index (χ0) is 12.9. The number of aliphatic hydroxyl groups is 1. The van der Waals surface area contributed by atoms with Crippen molar-refractivity contribution >= 4 is 0 Å². The van der Waals surface area contributed by atoms with Crippen molar-refractivity contribution in [1.29, 1.82) is 0 Å². The van der Waals surface area contributed by atoms with E-state index in [0.717, 1.165) is 26.1 Å². The molecule has 17 heavy (non-hydrogen) atoms. The van der Waals surface area contributed by atoms with Crippen LogP contribution in [0.1, 0.15) is 46.5 Å². The number of aliphatic hydroxyl groups excluding tert-OH is 1. The van der Waals surface area contributed by atoms with Crippen LogP contribution in [0.15, 0.2) is 0 Å². The highest BCUT2D eigenvalue weighted by molar-refractivity contribution is 4.74. The molecule has 0 spiro atoms. The van der Waals surface area contributed by atoms with E-state index in [4.69, 9.17) is 4.74 Å². The first-order valence-electron chi connectivity index (χ1n) is 6.88. The van der Waals surface area contributed by atoms with Gasteiger partial charge in [-0.25, -0.2) is 0 Å². The van der Waals surface area contributed by atoms with E-state index in [-0.39, 0.29) is 11.5 Å². The van der Waals surface area contributed by atoms with Crippen molar-refractivity contribution in [2.75, 3.05) is 26.7 Å². The van der Waals surface area contributed by atoms with E-state index in [1.54, 1.807) is 0 Å². The lowest BCUT2D eigenvalue weighted by Crippen LogP contribution is -2.36. The van der Waals surface area contributed by atoms with Gasteiger partial charge in [-0.05, 0) is 38.1 Å². The Kier molecular flexibility index (Phi) is 5.90. The molecule has 1 fully saturated rings. The Hall–Kier alpha value is -0.120. The van der Waals surface area contributed by atoms with Gasteiger partial charge in [0.2, 0.25) is 0 Å². The van der Waals surface area contributed by atoms with Gasteiger partial charge in [0.05, 0.1) is 12.2 Å². The minimum Gasteiger partial charge on any atom is -0.393 e. The summed E-state index contributed by atoms with van der Waals surface area (Å²) in [6.07, 6.45) is 4.71. The van der Waals surface area contributed by atoms with Crippen molar-refractivity contribution in [1.82, 2.24) is 4.90 Å². The van der Waals surface area contributed by atoms with Crippen molar-refractivity contribution in [3.05, 3.63) is 0 Å². The first-order chi connectivity index (χ1) is 7.89. The molecule has 1 saturated heterocycles. The van der Waals surface area contributed by atoms with Crippen molar-refractivity contribution in [3.8, 4) is 0 Å². The van der Waals surface area contributed by atoms with Crippen LogP contribution in [0.4, 0.5) is 0 Å². The molecule has 0 radical (unpaired) electrons. The molecule has 0 amide bonds. The topological polar surface area (TPSA) is 32.7 Å². The van der Waals surface area contributed by atoms with Gasteiger partial charge >= 0.3 is 0 Å². The maximum Gasteiger partial charge on any atom is 0.0701 e. The average molecular weight is 243 g/mol. The van der Waals surface area contributed by atoms with Crippen LogP contribution >= 0.6 is 0 Å². The second-order valence-corrected chi connectivity index (χ2v) is 6.42. The Balaban J connectivity index is 2.18. The van der Waals surface area contributed by atoms with Gasteiger partial charge < -0.3 is 14.7 Å².